The molecule has 3 fully saturated rings. The first-order valence-corrected chi connectivity index (χ1v) is 42.7. The van der Waals surface area contributed by atoms with Crippen molar-refractivity contribution in [3.05, 3.63) is 338 Å². The minimum Gasteiger partial charge on any atom is -0.334 e. The van der Waals surface area contributed by atoms with Crippen LogP contribution in [0.2, 0.25) is 0 Å². The second kappa shape index (κ2) is 25.2. The Balaban J connectivity index is 0.746. The monoisotopic (exact) mass is 1480 g/mol. The Morgan fingerprint density at radius 2 is 0.452 bits per heavy atom. The summed E-state index contributed by atoms with van der Waals surface area (Å²) in [6.07, 6.45) is 14.4. The second-order valence-electron chi connectivity index (χ2n) is 36.1. The van der Waals surface area contributed by atoms with Gasteiger partial charge in [-0.25, -0.2) is 0 Å². The molecule has 0 bridgehead atoms. The fourth-order valence-corrected chi connectivity index (χ4v) is 24.6. The first-order valence-electron chi connectivity index (χ1n) is 42.7. The first-order chi connectivity index (χ1) is 56.3. The van der Waals surface area contributed by atoms with Gasteiger partial charge < -0.3 is 14.7 Å². The van der Waals surface area contributed by atoms with Crippen LogP contribution in [0.5, 0.6) is 0 Å². The van der Waals surface area contributed by atoms with Gasteiger partial charge in [0.25, 0.3) is 0 Å². The number of fused-ring (bicyclic) bond motifs is 12. The third kappa shape index (κ3) is 9.53. The van der Waals surface area contributed by atoms with Gasteiger partial charge >= 0.3 is 0 Å². The molecule has 115 heavy (non-hydrogen) atoms. The maximum absolute atomic E-state index is 2.70. The number of benzene rings is 17. The molecule has 3 heterocycles. The molecule has 6 unspecified atom stereocenters. The van der Waals surface area contributed by atoms with Crippen LogP contribution in [0.25, 0.3) is 143 Å². The second-order valence-corrected chi connectivity index (χ2v) is 36.1. The summed E-state index contributed by atoms with van der Waals surface area (Å²) >= 11 is 0. The molecule has 0 spiro atoms. The number of rotatable bonds is 10. The average molecular weight is 1480 g/mol. The van der Waals surface area contributed by atoms with E-state index in [9.17, 15) is 0 Å². The summed E-state index contributed by atoms with van der Waals surface area (Å²) in [6, 6.07) is 125. The van der Waals surface area contributed by atoms with Gasteiger partial charge in [0, 0.05) is 50.4 Å². The molecule has 0 N–H and O–H groups in total. The minimum absolute atomic E-state index is 0.0128. The van der Waals surface area contributed by atoms with Crippen LogP contribution in [0, 0.1) is 0 Å². The molecular formula is C112H95N3. The van der Waals surface area contributed by atoms with Crippen molar-refractivity contribution < 1.29 is 0 Å². The highest BCUT2D eigenvalue weighted by molar-refractivity contribution is 6.33. The number of nitrogens with zero attached hydrogens (tertiary/aromatic N) is 3. The quantitative estimate of drug-likeness (QED) is 0.126. The Morgan fingerprint density at radius 1 is 0.191 bits per heavy atom. The van der Waals surface area contributed by atoms with E-state index in [2.05, 4.69) is 378 Å². The lowest BCUT2D eigenvalue weighted by molar-refractivity contribution is 0.195. The third-order valence-electron chi connectivity index (χ3n) is 30.9. The van der Waals surface area contributed by atoms with E-state index < -0.39 is 0 Å². The van der Waals surface area contributed by atoms with Gasteiger partial charge in [0.05, 0.1) is 16.6 Å². The molecule has 0 saturated heterocycles. The van der Waals surface area contributed by atoms with Gasteiger partial charge in [-0.1, -0.05) is 296 Å². The maximum Gasteiger partial charge on any atom is 0.0517 e. The summed E-state index contributed by atoms with van der Waals surface area (Å²) in [4.78, 5) is 8.11. The van der Waals surface area contributed by atoms with Gasteiger partial charge in [0.1, 0.15) is 0 Å². The van der Waals surface area contributed by atoms with Crippen molar-refractivity contribution in [2.75, 3.05) is 14.7 Å². The molecule has 0 aromatic heterocycles. The normalized spacial score (nSPS) is 22.8. The van der Waals surface area contributed by atoms with E-state index in [1.165, 1.54) is 251 Å². The summed E-state index contributed by atoms with van der Waals surface area (Å²) in [5.41, 5.74) is 29.6. The minimum atomic E-state index is -0.0477. The molecule has 6 atom stereocenters. The molecule has 17 aromatic rings. The Labute approximate surface area is 676 Å². The van der Waals surface area contributed by atoms with E-state index in [4.69, 9.17) is 0 Å². The molecule has 23 rings (SSSR count). The van der Waals surface area contributed by atoms with Gasteiger partial charge in [-0.15, -0.1) is 0 Å². The highest BCUT2D eigenvalue weighted by atomic mass is 15.3. The highest BCUT2D eigenvalue weighted by Crippen LogP contribution is 2.66. The fourth-order valence-electron chi connectivity index (χ4n) is 24.6. The van der Waals surface area contributed by atoms with Crippen LogP contribution < -0.4 is 14.7 Å². The topological polar surface area (TPSA) is 9.72 Å². The fraction of sp³-hybridized carbons (Fsp3) is 0.214. The molecule has 3 aliphatic carbocycles. The standard InChI is InChI=1S/C112H95N3/c1-107-61-19-22-64-110(107,4)113(76-33-13-8-14-34-76)102-58-51-73(67-99(102)107)79-39-25-45-85-82(79)42-28-48-88(85)96-70-95(72-31-11-7-12-32-72)91-54-55-93-97(89-49-29-43-83-80(40-26-46-86(83)89)74-52-59-103-100(68-74)108(2)62-20-23-65-111(108,5)114(103)77-35-15-9-16-36-77)71-98(94-57-56-92(96)105(91)106(93)94)90-50-30-44-84-81(41-27-47-87(84)90)75-53-60-104-101(69-75)109(3)63-21-24-66-112(109,6)115(104)78-37-17-10-18-38-78/h7-18,25-60,67-71H,19-24,61-66H2,1-6H3. The summed E-state index contributed by atoms with van der Waals surface area (Å²) in [6.45, 7) is 15.3. The highest BCUT2D eigenvalue weighted by Gasteiger charge is 2.60. The van der Waals surface area contributed by atoms with Crippen molar-refractivity contribution >= 4 is 98.8 Å². The molecule has 3 saturated carbocycles. The first kappa shape index (κ1) is 68.5. The van der Waals surface area contributed by atoms with Crippen LogP contribution in [-0.4, -0.2) is 16.6 Å². The largest absolute Gasteiger partial charge is 0.334 e. The van der Waals surface area contributed by atoms with Gasteiger partial charge in [-0.3, -0.25) is 0 Å². The van der Waals surface area contributed by atoms with E-state index in [1.54, 1.807) is 0 Å². The predicted molar refractivity (Wildman–Crippen MR) is 489 cm³/mol. The molecule has 0 radical (unpaired) electrons. The zero-order valence-corrected chi connectivity index (χ0v) is 66.9. The number of para-hydroxylation sites is 3. The van der Waals surface area contributed by atoms with Gasteiger partial charge in [-0.05, 0) is 303 Å². The maximum atomic E-state index is 2.70. The number of hydrogen-bond acceptors (Lipinski definition) is 3. The zero-order chi connectivity index (χ0) is 76.9. The van der Waals surface area contributed by atoms with Gasteiger partial charge in [-0.2, -0.15) is 0 Å². The lowest BCUT2D eigenvalue weighted by atomic mass is 9.61. The molecule has 3 nitrogen and oxygen atoms in total. The zero-order valence-electron chi connectivity index (χ0n) is 66.9. The molecule has 3 aliphatic heterocycles. The summed E-state index contributed by atoms with van der Waals surface area (Å²) in [7, 11) is 0. The molecule has 0 amide bonds. The van der Waals surface area contributed by atoms with Crippen LogP contribution in [0.4, 0.5) is 34.1 Å². The van der Waals surface area contributed by atoms with Crippen LogP contribution >= 0.6 is 0 Å². The van der Waals surface area contributed by atoms with Crippen LogP contribution in [-0.2, 0) is 16.2 Å². The van der Waals surface area contributed by atoms with E-state index in [-0.39, 0.29) is 32.9 Å². The van der Waals surface area contributed by atoms with Crippen molar-refractivity contribution in [1.29, 1.82) is 0 Å². The third-order valence-corrected chi connectivity index (χ3v) is 30.9. The smallest absolute Gasteiger partial charge is 0.0517 e. The van der Waals surface area contributed by atoms with Gasteiger partial charge in [0.2, 0.25) is 0 Å². The Kier molecular flexibility index (Phi) is 15.0. The van der Waals surface area contributed by atoms with E-state index in [0.29, 0.717) is 0 Å². The lowest BCUT2D eigenvalue weighted by Crippen LogP contribution is -2.54. The van der Waals surface area contributed by atoms with E-state index >= 15 is 0 Å². The van der Waals surface area contributed by atoms with Crippen LogP contribution in [0.1, 0.15) is 135 Å². The SMILES string of the molecule is CC12CCCCC1(C)N(c1ccccc1)c1ccc(-c3cccc4c(-c5cc(-c6ccccc6)c6ccc7c(-c8cccc9c(-c%10ccc%11c(c%10)C%10(C)CCCCC%10(C)N%11c%10ccccc%10)cccc89)cc(-c8cccc9c(-c%10ccc%11c(c%10)C%10(C)CCCCC%10(C)N%11c%10ccccc%10)cccc89)c8ccc5c6c78)cccc34)cc12. The summed E-state index contributed by atoms with van der Waals surface area (Å²) in [5.74, 6) is 0. The van der Waals surface area contributed by atoms with Crippen molar-refractivity contribution in [3.63, 3.8) is 0 Å². The number of anilines is 6. The number of hydrogen-bond donors (Lipinski definition) is 0. The van der Waals surface area contributed by atoms with Crippen LogP contribution in [0.15, 0.2) is 322 Å². The Hall–Kier alpha value is -12.0. The average Bonchev–Trinajstić information content (AvgIpc) is 1.64. The molecule has 558 valence electrons. The van der Waals surface area contributed by atoms with Crippen molar-refractivity contribution in [1.82, 2.24) is 0 Å². The van der Waals surface area contributed by atoms with Crippen LogP contribution in [0.3, 0.4) is 0 Å². The lowest BCUT2D eigenvalue weighted by Gasteiger charge is -2.50. The van der Waals surface area contributed by atoms with Crippen molar-refractivity contribution in [2.24, 2.45) is 0 Å². The van der Waals surface area contributed by atoms with E-state index in [0.717, 1.165) is 19.3 Å². The Morgan fingerprint density at radius 3 is 0.765 bits per heavy atom. The summed E-state index contributed by atoms with van der Waals surface area (Å²) < 4.78 is 0. The van der Waals surface area contributed by atoms with Crippen molar-refractivity contribution in [3.8, 4) is 77.9 Å². The van der Waals surface area contributed by atoms with E-state index in [1.807, 2.05) is 0 Å². The predicted octanol–water partition coefficient (Wildman–Crippen LogP) is 30.9. The molecule has 17 aromatic carbocycles. The van der Waals surface area contributed by atoms with Gasteiger partial charge in [0.15, 0.2) is 0 Å². The molecule has 6 aliphatic rings. The molecular weight excluding hydrogens is 1390 g/mol. The summed E-state index contributed by atoms with van der Waals surface area (Å²) in [5, 5.41) is 15.2. The Bertz CT molecular complexity index is 6630. The van der Waals surface area contributed by atoms with Crippen molar-refractivity contribution in [2.45, 2.75) is 151 Å². The molecule has 3 heteroatoms.